The summed E-state index contributed by atoms with van der Waals surface area (Å²) in [6.07, 6.45) is 2.64. The summed E-state index contributed by atoms with van der Waals surface area (Å²) >= 11 is 0. The molecule has 1 aromatic carbocycles. The fourth-order valence-corrected chi connectivity index (χ4v) is 1.97. The van der Waals surface area contributed by atoms with E-state index in [2.05, 4.69) is 22.4 Å². The SMILES string of the molecule is O=C(O)CCCNCc1cccc(-c2ccccn2)c1. The van der Waals surface area contributed by atoms with Crippen LogP contribution in [-0.4, -0.2) is 22.6 Å². The third kappa shape index (κ3) is 4.48. The van der Waals surface area contributed by atoms with Gasteiger partial charge in [0.1, 0.15) is 0 Å². The number of nitrogens with one attached hydrogen (secondary N) is 1. The number of carboxylic acids is 1. The number of rotatable bonds is 7. The maximum atomic E-state index is 10.4. The van der Waals surface area contributed by atoms with Gasteiger partial charge in [-0.05, 0) is 36.7 Å². The molecule has 0 radical (unpaired) electrons. The van der Waals surface area contributed by atoms with Crippen molar-refractivity contribution in [2.24, 2.45) is 0 Å². The standard InChI is InChI=1S/C16H18N2O2/c19-16(20)8-4-9-17-12-13-5-3-6-14(11-13)15-7-1-2-10-18-15/h1-3,5-7,10-11,17H,4,8-9,12H2,(H,19,20). The Balaban J connectivity index is 1.89. The van der Waals surface area contributed by atoms with E-state index in [0.717, 1.165) is 17.8 Å². The van der Waals surface area contributed by atoms with E-state index in [1.54, 1.807) is 6.20 Å². The summed E-state index contributed by atoms with van der Waals surface area (Å²) in [6.45, 7) is 1.44. The van der Waals surface area contributed by atoms with Gasteiger partial charge in [-0.15, -0.1) is 0 Å². The number of hydrogen-bond donors (Lipinski definition) is 2. The molecule has 1 aromatic heterocycles. The molecule has 20 heavy (non-hydrogen) atoms. The van der Waals surface area contributed by atoms with Gasteiger partial charge in [0.25, 0.3) is 0 Å². The molecular formula is C16H18N2O2. The molecule has 0 aliphatic carbocycles. The molecule has 4 heteroatoms. The lowest BCUT2D eigenvalue weighted by molar-refractivity contribution is -0.137. The van der Waals surface area contributed by atoms with Crippen LogP contribution < -0.4 is 5.32 Å². The van der Waals surface area contributed by atoms with Gasteiger partial charge in [-0.25, -0.2) is 0 Å². The largest absolute Gasteiger partial charge is 0.481 e. The van der Waals surface area contributed by atoms with Gasteiger partial charge in [-0.2, -0.15) is 0 Å². The molecule has 2 aromatic rings. The van der Waals surface area contributed by atoms with Crippen LogP contribution in [0.5, 0.6) is 0 Å². The molecule has 104 valence electrons. The van der Waals surface area contributed by atoms with Crippen LogP contribution in [0.2, 0.25) is 0 Å². The van der Waals surface area contributed by atoms with Crippen molar-refractivity contribution in [3.63, 3.8) is 0 Å². The molecule has 1 heterocycles. The molecule has 2 N–H and O–H groups in total. The zero-order valence-electron chi connectivity index (χ0n) is 11.2. The number of aliphatic carboxylic acids is 1. The molecule has 4 nitrogen and oxygen atoms in total. The maximum Gasteiger partial charge on any atom is 0.303 e. The molecular weight excluding hydrogens is 252 g/mol. The van der Waals surface area contributed by atoms with E-state index in [9.17, 15) is 4.79 Å². The van der Waals surface area contributed by atoms with Crippen LogP contribution in [0.1, 0.15) is 18.4 Å². The van der Waals surface area contributed by atoms with Crippen molar-refractivity contribution in [3.05, 3.63) is 54.2 Å². The van der Waals surface area contributed by atoms with Crippen LogP contribution in [0.4, 0.5) is 0 Å². The molecule has 0 saturated carbocycles. The minimum atomic E-state index is -0.746. The van der Waals surface area contributed by atoms with Gasteiger partial charge in [0.2, 0.25) is 0 Å². The highest BCUT2D eigenvalue weighted by atomic mass is 16.4. The lowest BCUT2D eigenvalue weighted by Gasteiger charge is -2.06. The number of carbonyl (C=O) groups is 1. The van der Waals surface area contributed by atoms with Crippen molar-refractivity contribution in [2.75, 3.05) is 6.54 Å². The molecule has 0 fully saturated rings. The highest BCUT2D eigenvalue weighted by Gasteiger charge is 2.00. The van der Waals surface area contributed by atoms with Crippen molar-refractivity contribution in [1.82, 2.24) is 10.3 Å². The Hall–Kier alpha value is -2.20. The third-order valence-corrected chi connectivity index (χ3v) is 2.96. The Bertz CT molecular complexity index is 555. The zero-order valence-corrected chi connectivity index (χ0v) is 11.2. The number of aromatic nitrogens is 1. The Morgan fingerprint density at radius 1 is 1.20 bits per heavy atom. The van der Waals surface area contributed by atoms with Crippen LogP contribution in [0.3, 0.4) is 0 Å². The molecule has 0 saturated heterocycles. The minimum Gasteiger partial charge on any atom is -0.481 e. The van der Waals surface area contributed by atoms with E-state index in [4.69, 9.17) is 5.11 Å². The van der Waals surface area contributed by atoms with Crippen LogP contribution in [0, 0.1) is 0 Å². The van der Waals surface area contributed by atoms with Gasteiger partial charge in [-0.1, -0.05) is 24.3 Å². The number of carboxylic acid groups (broad SMARTS) is 1. The van der Waals surface area contributed by atoms with Gasteiger partial charge in [0.05, 0.1) is 5.69 Å². The summed E-state index contributed by atoms with van der Waals surface area (Å²) in [6, 6.07) is 14.1. The first-order valence-electron chi connectivity index (χ1n) is 6.68. The van der Waals surface area contributed by atoms with Crippen LogP contribution in [0.25, 0.3) is 11.3 Å². The van der Waals surface area contributed by atoms with E-state index >= 15 is 0 Å². The van der Waals surface area contributed by atoms with E-state index in [-0.39, 0.29) is 6.42 Å². The lowest BCUT2D eigenvalue weighted by Crippen LogP contribution is -2.15. The Morgan fingerprint density at radius 3 is 2.85 bits per heavy atom. The smallest absolute Gasteiger partial charge is 0.303 e. The fourth-order valence-electron chi connectivity index (χ4n) is 1.97. The molecule has 0 atom stereocenters. The van der Waals surface area contributed by atoms with Crippen LogP contribution in [0.15, 0.2) is 48.7 Å². The summed E-state index contributed by atoms with van der Waals surface area (Å²) in [5.74, 6) is -0.746. The first-order chi connectivity index (χ1) is 9.75. The first kappa shape index (κ1) is 14.2. The summed E-state index contributed by atoms with van der Waals surface area (Å²) in [5.41, 5.74) is 3.22. The van der Waals surface area contributed by atoms with Gasteiger partial charge in [-0.3, -0.25) is 9.78 Å². The third-order valence-electron chi connectivity index (χ3n) is 2.96. The maximum absolute atomic E-state index is 10.4. The second kappa shape index (κ2) is 7.40. The van der Waals surface area contributed by atoms with Crippen molar-refractivity contribution in [3.8, 4) is 11.3 Å². The topological polar surface area (TPSA) is 62.2 Å². The van der Waals surface area contributed by atoms with Gasteiger partial charge in [0, 0.05) is 24.7 Å². The van der Waals surface area contributed by atoms with Gasteiger partial charge >= 0.3 is 5.97 Å². The number of nitrogens with zero attached hydrogens (tertiary/aromatic N) is 1. The Morgan fingerprint density at radius 2 is 2.10 bits per heavy atom. The van der Waals surface area contributed by atoms with E-state index in [0.29, 0.717) is 13.0 Å². The van der Waals surface area contributed by atoms with Crippen molar-refractivity contribution in [2.45, 2.75) is 19.4 Å². The molecule has 0 bridgehead atoms. The predicted octanol–water partition coefficient (Wildman–Crippen LogP) is 2.70. The van der Waals surface area contributed by atoms with Crippen LogP contribution >= 0.6 is 0 Å². The average Bonchev–Trinajstić information content (AvgIpc) is 2.48. The summed E-state index contributed by atoms with van der Waals surface area (Å²) in [5, 5.41) is 11.8. The number of benzene rings is 1. The molecule has 0 amide bonds. The van der Waals surface area contributed by atoms with Crippen molar-refractivity contribution in [1.29, 1.82) is 0 Å². The Labute approximate surface area is 118 Å². The second-order valence-electron chi connectivity index (χ2n) is 4.59. The quantitative estimate of drug-likeness (QED) is 0.759. The van der Waals surface area contributed by atoms with E-state index in [1.165, 1.54) is 5.56 Å². The minimum absolute atomic E-state index is 0.209. The molecule has 0 spiro atoms. The van der Waals surface area contributed by atoms with E-state index in [1.807, 2.05) is 30.3 Å². The fraction of sp³-hybridized carbons (Fsp3) is 0.250. The number of hydrogen-bond acceptors (Lipinski definition) is 3. The highest BCUT2D eigenvalue weighted by Crippen LogP contribution is 2.17. The Kier molecular flexibility index (Phi) is 5.26. The van der Waals surface area contributed by atoms with Gasteiger partial charge < -0.3 is 10.4 Å². The average molecular weight is 270 g/mol. The zero-order chi connectivity index (χ0) is 14.2. The monoisotopic (exact) mass is 270 g/mol. The van der Waals surface area contributed by atoms with Crippen molar-refractivity contribution < 1.29 is 9.90 Å². The summed E-state index contributed by atoms with van der Waals surface area (Å²) < 4.78 is 0. The highest BCUT2D eigenvalue weighted by molar-refractivity contribution is 5.66. The molecule has 0 aliphatic rings. The van der Waals surface area contributed by atoms with E-state index < -0.39 is 5.97 Å². The second-order valence-corrected chi connectivity index (χ2v) is 4.59. The van der Waals surface area contributed by atoms with Gasteiger partial charge in [0.15, 0.2) is 0 Å². The lowest BCUT2D eigenvalue weighted by atomic mass is 10.1. The predicted molar refractivity (Wildman–Crippen MR) is 78.2 cm³/mol. The first-order valence-corrected chi connectivity index (χ1v) is 6.68. The molecule has 0 unspecified atom stereocenters. The summed E-state index contributed by atoms with van der Waals surface area (Å²) in [4.78, 5) is 14.7. The van der Waals surface area contributed by atoms with Crippen LogP contribution in [-0.2, 0) is 11.3 Å². The number of pyridine rings is 1. The molecule has 2 rings (SSSR count). The molecule has 0 aliphatic heterocycles. The van der Waals surface area contributed by atoms with Crippen molar-refractivity contribution >= 4 is 5.97 Å². The normalized spacial score (nSPS) is 10.4. The summed E-state index contributed by atoms with van der Waals surface area (Å²) in [7, 11) is 0.